The molecule has 0 radical (unpaired) electrons. The van der Waals surface area contributed by atoms with E-state index in [-0.39, 0.29) is 18.0 Å². The van der Waals surface area contributed by atoms with Crippen LogP contribution in [0.4, 0.5) is 0 Å². The molecule has 0 spiro atoms. The first-order valence-corrected chi connectivity index (χ1v) is 8.68. The molecular formula is C15H22N2O2S. The van der Waals surface area contributed by atoms with Crippen LogP contribution in [-0.4, -0.2) is 45.8 Å². The van der Waals surface area contributed by atoms with Gasteiger partial charge in [-0.1, -0.05) is 30.3 Å². The summed E-state index contributed by atoms with van der Waals surface area (Å²) in [6.07, 6.45) is 3.38. The third-order valence-corrected chi connectivity index (χ3v) is 4.61. The van der Waals surface area contributed by atoms with Gasteiger partial charge in [0, 0.05) is 28.9 Å². The molecule has 5 heteroatoms. The van der Waals surface area contributed by atoms with E-state index in [9.17, 15) is 9.00 Å². The zero-order chi connectivity index (χ0) is 14.5. The van der Waals surface area contributed by atoms with Gasteiger partial charge in [-0.25, -0.2) is 0 Å². The second-order valence-corrected chi connectivity index (χ2v) is 6.82. The van der Waals surface area contributed by atoms with E-state index >= 15 is 0 Å². The predicted molar refractivity (Wildman–Crippen MR) is 81.8 cm³/mol. The minimum Gasteiger partial charge on any atom is -0.325 e. The molecule has 2 rings (SSSR count). The number of nitrogens with zero attached hydrogens (tertiary/aromatic N) is 1. The van der Waals surface area contributed by atoms with Gasteiger partial charge >= 0.3 is 0 Å². The van der Waals surface area contributed by atoms with E-state index in [0.29, 0.717) is 12.4 Å². The molecule has 1 saturated heterocycles. The van der Waals surface area contributed by atoms with E-state index in [1.54, 1.807) is 11.2 Å². The first-order chi connectivity index (χ1) is 9.58. The van der Waals surface area contributed by atoms with Crippen molar-refractivity contribution < 1.29 is 9.00 Å². The largest absolute Gasteiger partial charge is 0.325 e. The number of rotatable bonds is 6. The highest BCUT2D eigenvalue weighted by molar-refractivity contribution is 7.84. The third-order valence-electron chi connectivity index (χ3n) is 3.66. The maximum atomic E-state index is 12.3. The number of aryl methyl sites for hydroxylation is 1. The summed E-state index contributed by atoms with van der Waals surface area (Å²) in [6, 6.07) is 10.1. The quantitative estimate of drug-likeness (QED) is 0.856. The molecular weight excluding hydrogens is 272 g/mol. The van der Waals surface area contributed by atoms with Crippen LogP contribution in [0.3, 0.4) is 0 Å². The van der Waals surface area contributed by atoms with Crippen LogP contribution >= 0.6 is 0 Å². The van der Waals surface area contributed by atoms with Crippen LogP contribution in [0.5, 0.6) is 0 Å². The zero-order valence-corrected chi connectivity index (χ0v) is 12.9. The lowest BCUT2D eigenvalue weighted by Gasteiger charge is -2.22. The van der Waals surface area contributed by atoms with Crippen molar-refractivity contribution in [2.24, 2.45) is 0 Å². The summed E-state index contributed by atoms with van der Waals surface area (Å²) < 4.78 is 11.3. The maximum Gasteiger partial charge on any atom is 0.241 e. The van der Waals surface area contributed by atoms with Gasteiger partial charge in [0.25, 0.3) is 0 Å². The molecule has 4 nitrogen and oxygen atoms in total. The first-order valence-electron chi connectivity index (χ1n) is 6.95. The monoisotopic (exact) mass is 294 g/mol. The summed E-state index contributed by atoms with van der Waals surface area (Å²) in [6.45, 7) is 2.53. The third kappa shape index (κ3) is 3.90. The Hall–Kier alpha value is -1.20. The van der Waals surface area contributed by atoms with Crippen molar-refractivity contribution in [3.8, 4) is 0 Å². The highest BCUT2D eigenvalue weighted by Gasteiger charge is 2.33. The second kappa shape index (κ2) is 6.99. The van der Waals surface area contributed by atoms with Crippen molar-refractivity contribution in [3.05, 3.63) is 35.9 Å². The van der Waals surface area contributed by atoms with Gasteiger partial charge in [-0.2, -0.15) is 0 Å². The van der Waals surface area contributed by atoms with Gasteiger partial charge < -0.3 is 4.90 Å². The molecule has 0 aliphatic carbocycles. The molecule has 1 aromatic rings. The Morgan fingerprint density at radius 2 is 2.10 bits per heavy atom. The van der Waals surface area contributed by atoms with E-state index in [4.69, 9.17) is 0 Å². The van der Waals surface area contributed by atoms with Gasteiger partial charge in [0.1, 0.15) is 0 Å². The van der Waals surface area contributed by atoms with Gasteiger partial charge in [0.15, 0.2) is 0 Å². The summed E-state index contributed by atoms with van der Waals surface area (Å²) in [5.74, 6) is 0.678. The zero-order valence-electron chi connectivity index (χ0n) is 12.0. The Kier molecular flexibility index (Phi) is 5.31. The van der Waals surface area contributed by atoms with Crippen molar-refractivity contribution in [2.75, 3.05) is 18.7 Å². The molecule has 0 aromatic heterocycles. The average molecular weight is 294 g/mol. The highest BCUT2D eigenvalue weighted by atomic mass is 32.2. The number of benzene rings is 1. The van der Waals surface area contributed by atoms with Gasteiger partial charge in [-0.05, 0) is 25.3 Å². The molecule has 1 aromatic carbocycles. The summed E-state index contributed by atoms with van der Waals surface area (Å²) in [5.41, 5.74) is 1.25. The first kappa shape index (κ1) is 15.2. The molecule has 110 valence electrons. The fourth-order valence-electron chi connectivity index (χ4n) is 2.56. The Labute approximate surface area is 123 Å². The SMILES string of the molecule is CC(CS(C)=O)N1CNC(CCc2ccccc2)C1=O. The molecule has 1 fully saturated rings. The maximum absolute atomic E-state index is 12.3. The summed E-state index contributed by atoms with van der Waals surface area (Å²) in [4.78, 5) is 14.1. The van der Waals surface area contributed by atoms with Crippen LogP contribution in [0.1, 0.15) is 18.9 Å². The molecule has 1 amide bonds. The van der Waals surface area contributed by atoms with Crippen molar-refractivity contribution >= 4 is 16.7 Å². The van der Waals surface area contributed by atoms with Crippen molar-refractivity contribution in [3.63, 3.8) is 0 Å². The van der Waals surface area contributed by atoms with Gasteiger partial charge in [0.05, 0.1) is 12.7 Å². The Balaban J connectivity index is 1.86. The molecule has 20 heavy (non-hydrogen) atoms. The summed E-state index contributed by atoms with van der Waals surface area (Å²) in [7, 11) is -0.873. The number of hydrogen-bond donors (Lipinski definition) is 1. The molecule has 0 saturated carbocycles. The van der Waals surface area contributed by atoms with E-state index in [1.807, 2.05) is 25.1 Å². The van der Waals surface area contributed by atoms with Crippen LogP contribution < -0.4 is 5.32 Å². The Morgan fingerprint density at radius 3 is 2.75 bits per heavy atom. The second-order valence-electron chi connectivity index (χ2n) is 5.34. The van der Waals surface area contributed by atoms with E-state index in [1.165, 1.54) is 5.56 Å². The average Bonchev–Trinajstić information content (AvgIpc) is 2.78. The number of carbonyl (C=O) groups excluding carboxylic acids is 1. The molecule has 1 aliphatic rings. The van der Waals surface area contributed by atoms with Gasteiger partial charge in [-0.15, -0.1) is 0 Å². The fraction of sp³-hybridized carbons (Fsp3) is 0.533. The molecule has 0 bridgehead atoms. The lowest BCUT2D eigenvalue weighted by molar-refractivity contribution is -0.130. The summed E-state index contributed by atoms with van der Waals surface area (Å²) >= 11 is 0. The van der Waals surface area contributed by atoms with Crippen LogP contribution in [-0.2, 0) is 22.0 Å². The lowest BCUT2D eigenvalue weighted by Crippen LogP contribution is -2.39. The Morgan fingerprint density at radius 1 is 1.40 bits per heavy atom. The van der Waals surface area contributed by atoms with Crippen LogP contribution in [0.25, 0.3) is 0 Å². The fourth-order valence-corrected chi connectivity index (χ4v) is 3.42. The predicted octanol–water partition coefficient (Wildman–Crippen LogP) is 1.14. The summed E-state index contributed by atoms with van der Waals surface area (Å²) in [5, 5.41) is 3.26. The van der Waals surface area contributed by atoms with Crippen LogP contribution in [0.2, 0.25) is 0 Å². The van der Waals surface area contributed by atoms with Crippen molar-refractivity contribution in [1.82, 2.24) is 10.2 Å². The van der Waals surface area contributed by atoms with E-state index in [0.717, 1.165) is 12.8 Å². The van der Waals surface area contributed by atoms with E-state index in [2.05, 4.69) is 17.4 Å². The highest BCUT2D eigenvalue weighted by Crippen LogP contribution is 2.14. The van der Waals surface area contributed by atoms with Gasteiger partial charge in [0.2, 0.25) is 5.91 Å². The van der Waals surface area contributed by atoms with Crippen molar-refractivity contribution in [2.45, 2.75) is 31.8 Å². The molecule has 1 heterocycles. The van der Waals surface area contributed by atoms with Crippen molar-refractivity contribution in [1.29, 1.82) is 0 Å². The molecule has 3 unspecified atom stereocenters. The normalized spacial score (nSPS) is 22.0. The van der Waals surface area contributed by atoms with Crippen LogP contribution in [0.15, 0.2) is 30.3 Å². The standard InChI is InChI=1S/C15H22N2O2S/c1-12(10-20(2)19)17-11-16-14(15(17)18)9-8-13-6-4-3-5-7-13/h3-7,12,14,16H,8-11H2,1-2H3. The minimum absolute atomic E-state index is 0.0301. The topological polar surface area (TPSA) is 49.4 Å². The van der Waals surface area contributed by atoms with Crippen LogP contribution in [0, 0.1) is 0 Å². The number of hydrogen-bond acceptors (Lipinski definition) is 3. The van der Waals surface area contributed by atoms with Gasteiger partial charge in [-0.3, -0.25) is 14.3 Å². The molecule has 3 atom stereocenters. The molecule has 1 aliphatic heterocycles. The number of amides is 1. The number of nitrogens with one attached hydrogen (secondary N) is 1. The lowest BCUT2D eigenvalue weighted by atomic mass is 10.1. The Bertz CT molecular complexity index is 478. The van der Waals surface area contributed by atoms with E-state index < -0.39 is 10.8 Å². The smallest absolute Gasteiger partial charge is 0.241 e. The number of carbonyl (C=O) groups is 1. The molecule has 1 N–H and O–H groups in total. The minimum atomic E-state index is -0.873.